The molecule has 0 aliphatic heterocycles. The summed E-state index contributed by atoms with van der Waals surface area (Å²) in [5, 5.41) is 15.2. The Balaban J connectivity index is 1.91. The number of hydrogen-bond donors (Lipinski definition) is 1. The van der Waals surface area contributed by atoms with Crippen molar-refractivity contribution in [2.24, 2.45) is 0 Å². The number of aromatic nitrogens is 2. The summed E-state index contributed by atoms with van der Waals surface area (Å²) < 4.78 is 1.23. The second-order valence-corrected chi connectivity index (χ2v) is 4.07. The smallest absolute Gasteiger partial charge is 0.266 e. The third kappa shape index (κ3) is 3.53. The molecule has 1 amide bonds. The van der Waals surface area contributed by atoms with Gasteiger partial charge in [-0.3, -0.25) is 9.59 Å². The normalized spacial score (nSPS) is 9.75. The summed E-state index contributed by atoms with van der Waals surface area (Å²) in [4.78, 5) is 23.1. The fraction of sp³-hybridized carbons (Fsp3) is 0.143. The number of carbonyl (C=O) groups excluding carboxylic acids is 1. The van der Waals surface area contributed by atoms with E-state index in [0.717, 1.165) is 0 Å². The van der Waals surface area contributed by atoms with E-state index in [2.05, 4.69) is 10.4 Å². The van der Waals surface area contributed by atoms with Crippen LogP contribution in [0.15, 0.2) is 47.4 Å². The Kier molecular flexibility index (Phi) is 4.24. The van der Waals surface area contributed by atoms with Crippen LogP contribution in [0.3, 0.4) is 0 Å². The predicted molar refractivity (Wildman–Crippen MR) is 72.9 cm³/mol. The van der Waals surface area contributed by atoms with Crippen LogP contribution in [0.1, 0.15) is 12.0 Å². The summed E-state index contributed by atoms with van der Waals surface area (Å²) in [6.07, 6.45) is 1.65. The molecular formula is C14H12N4O2. The molecule has 1 aromatic heterocycles. The van der Waals surface area contributed by atoms with Crippen molar-refractivity contribution < 1.29 is 4.79 Å². The molecule has 0 unspecified atom stereocenters. The van der Waals surface area contributed by atoms with Crippen LogP contribution in [-0.2, 0) is 11.3 Å². The van der Waals surface area contributed by atoms with Crippen LogP contribution >= 0.6 is 0 Å². The van der Waals surface area contributed by atoms with Gasteiger partial charge in [-0.25, -0.2) is 4.68 Å². The molecule has 2 rings (SSSR count). The standard InChI is InChI=1S/C14H12N4O2/c15-10-11-3-5-12(6-4-11)17-13(19)7-9-18-14(20)2-1-8-16-18/h1-6,8H,7,9H2,(H,17,19). The summed E-state index contributed by atoms with van der Waals surface area (Å²) in [6.45, 7) is 0.224. The van der Waals surface area contributed by atoms with Gasteiger partial charge in [-0.1, -0.05) is 0 Å². The number of nitriles is 1. The van der Waals surface area contributed by atoms with Gasteiger partial charge in [0.15, 0.2) is 0 Å². The number of amides is 1. The molecule has 0 aliphatic rings. The molecule has 1 heterocycles. The molecule has 0 spiro atoms. The zero-order chi connectivity index (χ0) is 14.4. The molecule has 0 saturated carbocycles. The topological polar surface area (TPSA) is 87.8 Å². The molecule has 2 aromatic rings. The molecule has 0 saturated heterocycles. The molecule has 0 atom stereocenters. The first kappa shape index (κ1) is 13.5. The van der Waals surface area contributed by atoms with E-state index in [-0.39, 0.29) is 24.4 Å². The molecule has 0 radical (unpaired) electrons. The lowest BCUT2D eigenvalue weighted by molar-refractivity contribution is -0.116. The molecule has 6 heteroatoms. The number of nitrogens with one attached hydrogen (secondary N) is 1. The number of carbonyl (C=O) groups is 1. The van der Waals surface area contributed by atoms with E-state index in [1.165, 1.54) is 16.9 Å². The average Bonchev–Trinajstić information content (AvgIpc) is 2.47. The minimum atomic E-state index is -0.237. The van der Waals surface area contributed by atoms with Crippen LogP contribution in [0.25, 0.3) is 0 Å². The number of nitrogens with zero attached hydrogens (tertiary/aromatic N) is 3. The maximum absolute atomic E-state index is 11.7. The van der Waals surface area contributed by atoms with Crippen molar-refractivity contribution in [3.8, 4) is 6.07 Å². The molecular weight excluding hydrogens is 256 g/mol. The molecule has 1 N–H and O–H groups in total. The molecule has 20 heavy (non-hydrogen) atoms. The molecule has 6 nitrogen and oxygen atoms in total. The zero-order valence-corrected chi connectivity index (χ0v) is 10.6. The Bertz CT molecular complexity index is 698. The van der Waals surface area contributed by atoms with E-state index in [9.17, 15) is 9.59 Å². The third-order valence-electron chi connectivity index (χ3n) is 2.63. The van der Waals surface area contributed by atoms with Crippen LogP contribution in [0.2, 0.25) is 0 Å². The van der Waals surface area contributed by atoms with E-state index in [4.69, 9.17) is 5.26 Å². The van der Waals surface area contributed by atoms with Crippen molar-refractivity contribution in [3.05, 3.63) is 58.5 Å². The highest BCUT2D eigenvalue weighted by Gasteiger charge is 2.04. The number of aryl methyl sites for hydroxylation is 1. The largest absolute Gasteiger partial charge is 0.326 e. The maximum Gasteiger partial charge on any atom is 0.266 e. The molecule has 0 bridgehead atoms. The first-order valence-corrected chi connectivity index (χ1v) is 6.01. The summed E-state index contributed by atoms with van der Waals surface area (Å²) in [6, 6.07) is 11.5. The van der Waals surface area contributed by atoms with E-state index < -0.39 is 0 Å². The average molecular weight is 268 g/mol. The first-order valence-electron chi connectivity index (χ1n) is 6.01. The quantitative estimate of drug-likeness (QED) is 0.900. The van der Waals surface area contributed by atoms with Crippen LogP contribution in [0.5, 0.6) is 0 Å². The van der Waals surface area contributed by atoms with Gasteiger partial charge in [0.05, 0.1) is 18.2 Å². The Morgan fingerprint density at radius 1 is 1.30 bits per heavy atom. The lowest BCUT2D eigenvalue weighted by atomic mass is 10.2. The highest BCUT2D eigenvalue weighted by Crippen LogP contribution is 2.09. The Labute approximate surface area is 115 Å². The second kappa shape index (κ2) is 6.29. The van der Waals surface area contributed by atoms with E-state index >= 15 is 0 Å². The van der Waals surface area contributed by atoms with Crippen LogP contribution in [0, 0.1) is 11.3 Å². The minimum Gasteiger partial charge on any atom is -0.326 e. The lowest BCUT2D eigenvalue weighted by Gasteiger charge is -2.06. The lowest BCUT2D eigenvalue weighted by Crippen LogP contribution is -2.24. The molecule has 0 fully saturated rings. The Morgan fingerprint density at radius 3 is 2.70 bits per heavy atom. The highest BCUT2D eigenvalue weighted by atomic mass is 16.2. The van der Waals surface area contributed by atoms with Gasteiger partial charge in [-0.2, -0.15) is 10.4 Å². The van der Waals surface area contributed by atoms with Crippen LogP contribution in [-0.4, -0.2) is 15.7 Å². The van der Waals surface area contributed by atoms with E-state index in [1.54, 1.807) is 30.3 Å². The SMILES string of the molecule is N#Cc1ccc(NC(=O)CCn2ncccc2=O)cc1. The van der Waals surface area contributed by atoms with E-state index in [0.29, 0.717) is 11.3 Å². The Morgan fingerprint density at radius 2 is 2.05 bits per heavy atom. The number of benzene rings is 1. The second-order valence-electron chi connectivity index (χ2n) is 4.07. The summed E-state index contributed by atoms with van der Waals surface area (Å²) in [7, 11) is 0. The third-order valence-corrected chi connectivity index (χ3v) is 2.63. The molecule has 100 valence electrons. The van der Waals surface area contributed by atoms with Crippen LogP contribution in [0.4, 0.5) is 5.69 Å². The van der Waals surface area contributed by atoms with Gasteiger partial charge in [0.1, 0.15) is 0 Å². The molecule has 0 aliphatic carbocycles. The van der Waals surface area contributed by atoms with Crippen molar-refractivity contribution in [1.29, 1.82) is 5.26 Å². The summed E-state index contributed by atoms with van der Waals surface area (Å²) in [5.74, 6) is -0.215. The van der Waals surface area contributed by atoms with Gasteiger partial charge in [0.25, 0.3) is 5.56 Å². The van der Waals surface area contributed by atoms with Gasteiger partial charge in [-0.05, 0) is 30.3 Å². The predicted octanol–water partition coefficient (Wildman–Crippen LogP) is 1.14. The minimum absolute atomic E-state index is 0.150. The van der Waals surface area contributed by atoms with Crippen molar-refractivity contribution in [1.82, 2.24) is 9.78 Å². The summed E-state index contributed by atoms with van der Waals surface area (Å²) >= 11 is 0. The zero-order valence-electron chi connectivity index (χ0n) is 10.6. The van der Waals surface area contributed by atoms with Gasteiger partial charge >= 0.3 is 0 Å². The number of rotatable bonds is 4. The molecule has 1 aromatic carbocycles. The van der Waals surface area contributed by atoms with Crippen LogP contribution < -0.4 is 10.9 Å². The number of anilines is 1. The van der Waals surface area contributed by atoms with Gasteiger partial charge in [-0.15, -0.1) is 0 Å². The van der Waals surface area contributed by atoms with Gasteiger partial charge < -0.3 is 5.32 Å². The van der Waals surface area contributed by atoms with Crippen molar-refractivity contribution in [3.63, 3.8) is 0 Å². The summed E-state index contributed by atoms with van der Waals surface area (Å²) in [5.41, 5.74) is 0.907. The maximum atomic E-state index is 11.7. The Hall–Kier alpha value is -2.94. The van der Waals surface area contributed by atoms with Crippen molar-refractivity contribution in [2.45, 2.75) is 13.0 Å². The monoisotopic (exact) mass is 268 g/mol. The fourth-order valence-electron chi connectivity index (χ4n) is 1.61. The van der Waals surface area contributed by atoms with E-state index in [1.807, 2.05) is 6.07 Å². The fourth-order valence-corrected chi connectivity index (χ4v) is 1.61. The van der Waals surface area contributed by atoms with Crippen molar-refractivity contribution in [2.75, 3.05) is 5.32 Å². The number of hydrogen-bond acceptors (Lipinski definition) is 4. The first-order chi connectivity index (χ1) is 9.69. The van der Waals surface area contributed by atoms with Gasteiger partial charge in [0.2, 0.25) is 5.91 Å². The van der Waals surface area contributed by atoms with Gasteiger partial charge in [0, 0.05) is 24.4 Å². The highest BCUT2D eigenvalue weighted by molar-refractivity contribution is 5.90. The van der Waals surface area contributed by atoms with Crippen molar-refractivity contribution >= 4 is 11.6 Å².